The summed E-state index contributed by atoms with van der Waals surface area (Å²) < 4.78 is 34.2. The Balaban J connectivity index is 1.56. The van der Waals surface area contributed by atoms with Crippen LogP contribution >= 0.6 is 0 Å². The number of alkyl halides is 2. The monoisotopic (exact) mass is 440 g/mol. The summed E-state index contributed by atoms with van der Waals surface area (Å²) >= 11 is 0. The zero-order valence-corrected chi connectivity index (χ0v) is 18.9. The Morgan fingerprint density at radius 2 is 1.81 bits per heavy atom. The van der Waals surface area contributed by atoms with E-state index in [-0.39, 0.29) is 18.8 Å². The quantitative estimate of drug-likeness (QED) is 0.499. The Morgan fingerprint density at radius 1 is 1.09 bits per heavy atom. The second-order valence-corrected chi connectivity index (χ2v) is 8.75. The van der Waals surface area contributed by atoms with Crippen molar-refractivity contribution >= 4 is 5.69 Å². The third-order valence-electron chi connectivity index (χ3n) is 6.08. The summed E-state index contributed by atoms with van der Waals surface area (Å²) in [6.07, 6.45) is 1.70. The number of ether oxygens (including phenoxy) is 1. The van der Waals surface area contributed by atoms with Gasteiger partial charge in [-0.1, -0.05) is 12.1 Å². The van der Waals surface area contributed by atoms with E-state index in [4.69, 9.17) is 9.72 Å². The Kier molecular flexibility index (Phi) is 6.44. The van der Waals surface area contributed by atoms with Crippen LogP contribution in [0.15, 0.2) is 42.5 Å². The number of hydrogen-bond acceptors (Lipinski definition) is 4. The highest BCUT2D eigenvalue weighted by molar-refractivity contribution is 5.50. The maximum absolute atomic E-state index is 13.6. The molecule has 1 aliphatic rings. The van der Waals surface area contributed by atoms with Crippen LogP contribution in [0.1, 0.15) is 48.3 Å². The first-order valence-electron chi connectivity index (χ1n) is 11.1. The summed E-state index contributed by atoms with van der Waals surface area (Å²) in [6.45, 7) is 4.61. The number of methoxy groups -OCH3 is 1. The van der Waals surface area contributed by atoms with Crippen LogP contribution < -0.4 is 10.1 Å². The largest absolute Gasteiger partial charge is 0.497 e. The van der Waals surface area contributed by atoms with Gasteiger partial charge in [-0.25, -0.2) is 18.4 Å². The molecular weight excluding hydrogens is 410 g/mol. The smallest absolute Gasteiger partial charge is 0.248 e. The van der Waals surface area contributed by atoms with Gasteiger partial charge >= 0.3 is 0 Å². The second kappa shape index (κ2) is 9.27. The van der Waals surface area contributed by atoms with Gasteiger partial charge in [0.05, 0.1) is 12.8 Å². The molecule has 3 aromatic rings. The Morgan fingerprint density at radius 3 is 2.44 bits per heavy atom. The molecule has 2 aromatic heterocycles. The lowest BCUT2D eigenvalue weighted by molar-refractivity contribution is -0.0457. The van der Waals surface area contributed by atoms with Crippen molar-refractivity contribution < 1.29 is 13.5 Å². The molecule has 0 amide bonds. The number of pyridine rings is 1. The molecule has 5 nitrogen and oxygen atoms in total. The van der Waals surface area contributed by atoms with Crippen LogP contribution in [0.2, 0.25) is 0 Å². The SMILES string of the molecule is COc1ccc(CNc2cc(CC3CCC(F)(F)CC3)nc(-n3nc(C)cc3C)c2)cc1. The molecule has 0 aliphatic heterocycles. The van der Waals surface area contributed by atoms with Crippen LogP contribution in [0, 0.1) is 19.8 Å². The number of nitrogens with one attached hydrogen (secondary N) is 1. The Labute approximate surface area is 187 Å². The van der Waals surface area contributed by atoms with Crippen LogP contribution in [0.3, 0.4) is 0 Å². The molecule has 0 atom stereocenters. The van der Waals surface area contributed by atoms with E-state index >= 15 is 0 Å². The van der Waals surface area contributed by atoms with Gasteiger partial charge in [-0.15, -0.1) is 0 Å². The van der Waals surface area contributed by atoms with Crippen LogP contribution in [0.4, 0.5) is 14.5 Å². The average Bonchev–Trinajstić information content (AvgIpc) is 3.12. The van der Waals surface area contributed by atoms with E-state index < -0.39 is 5.92 Å². The van der Waals surface area contributed by atoms with Crippen molar-refractivity contribution in [2.45, 2.75) is 58.4 Å². The summed E-state index contributed by atoms with van der Waals surface area (Å²) in [4.78, 5) is 4.84. The normalized spacial score (nSPS) is 16.2. The summed E-state index contributed by atoms with van der Waals surface area (Å²) in [5.74, 6) is -0.718. The molecule has 7 heteroatoms. The number of aryl methyl sites for hydroxylation is 2. The summed E-state index contributed by atoms with van der Waals surface area (Å²) in [5.41, 5.74) is 4.91. The molecule has 1 aliphatic carbocycles. The lowest BCUT2D eigenvalue weighted by Gasteiger charge is -2.28. The fourth-order valence-corrected chi connectivity index (χ4v) is 4.30. The molecule has 170 valence electrons. The zero-order chi connectivity index (χ0) is 22.7. The van der Waals surface area contributed by atoms with Crippen molar-refractivity contribution in [2.75, 3.05) is 12.4 Å². The second-order valence-electron chi connectivity index (χ2n) is 8.75. The molecule has 32 heavy (non-hydrogen) atoms. The number of halogens is 2. The fourth-order valence-electron chi connectivity index (χ4n) is 4.30. The molecular formula is C25H30F2N4O. The number of hydrogen-bond donors (Lipinski definition) is 1. The van der Waals surface area contributed by atoms with E-state index in [9.17, 15) is 8.78 Å². The van der Waals surface area contributed by atoms with Crippen molar-refractivity contribution in [1.29, 1.82) is 0 Å². The first-order chi connectivity index (χ1) is 15.3. The van der Waals surface area contributed by atoms with Crippen LogP contribution in [0.25, 0.3) is 5.82 Å². The van der Waals surface area contributed by atoms with Crippen molar-refractivity contribution in [3.05, 3.63) is 65.1 Å². The summed E-state index contributed by atoms with van der Waals surface area (Å²) in [7, 11) is 1.65. The number of nitrogens with zero attached hydrogens (tertiary/aromatic N) is 3. The van der Waals surface area contributed by atoms with E-state index in [1.807, 2.05) is 61.0 Å². The molecule has 0 unspecified atom stereocenters. The number of rotatable bonds is 7. The molecule has 0 radical (unpaired) electrons. The maximum atomic E-state index is 13.6. The molecule has 1 N–H and O–H groups in total. The van der Waals surface area contributed by atoms with Gasteiger partial charge in [0, 0.05) is 42.5 Å². The molecule has 1 saturated carbocycles. The maximum Gasteiger partial charge on any atom is 0.248 e. The van der Waals surface area contributed by atoms with Gasteiger partial charge in [-0.05, 0) is 68.9 Å². The number of anilines is 1. The predicted octanol–water partition coefficient (Wildman–Crippen LogP) is 5.87. The van der Waals surface area contributed by atoms with Gasteiger partial charge in [0.1, 0.15) is 5.75 Å². The van der Waals surface area contributed by atoms with Crippen molar-refractivity contribution in [3.63, 3.8) is 0 Å². The van der Waals surface area contributed by atoms with Gasteiger partial charge in [-0.3, -0.25) is 0 Å². The van der Waals surface area contributed by atoms with E-state index in [0.29, 0.717) is 25.8 Å². The highest BCUT2D eigenvalue weighted by Gasteiger charge is 2.35. The Bertz CT molecular complexity index is 1050. The number of benzene rings is 1. The van der Waals surface area contributed by atoms with Gasteiger partial charge in [0.2, 0.25) is 5.92 Å². The minimum atomic E-state index is -2.51. The molecule has 0 saturated heterocycles. The first-order valence-corrected chi connectivity index (χ1v) is 11.1. The van der Waals surface area contributed by atoms with Crippen LogP contribution in [0.5, 0.6) is 5.75 Å². The molecule has 1 fully saturated rings. The number of aromatic nitrogens is 3. The minimum absolute atomic E-state index is 0.0304. The third-order valence-corrected chi connectivity index (χ3v) is 6.08. The molecule has 1 aromatic carbocycles. The van der Waals surface area contributed by atoms with Gasteiger partial charge in [-0.2, -0.15) is 5.10 Å². The van der Waals surface area contributed by atoms with Crippen LogP contribution in [-0.2, 0) is 13.0 Å². The predicted molar refractivity (Wildman–Crippen MR) is 122 cm³/mol. The zero-order valence-electron chi connectivity index (χ0n) is 18.9. The van der Waals surface area contributed by atoms with E-state index in [1.165, 1.54) is 0 Å². The standard InChI is InChI=1S/C25H30F2N4O/c1-17-12-18(2)31(30-17)24-15-21(28-16-20-4-6-23(32-3)7-5-20)14-22(29-24)13-19-8-10-25(26,27)11-9-19/h4-7,12,14-15,19H,8-11,13,16H2,1-3H3,(H,28,29). The lowest BCUT2D eigenvalue weighted by Crippen LogP contribution is -2.25. The molecule has 2 heterocycles. The average molecular weight is 441 g/mol. The van der Waals surface area contributed by atoms with E-state index in [2.05, 4.69) is 10.4 Å². The summed E-state index contributed by atoms with van der Waals surface area (Å²) in [6, 6.07) is 14.0. The van der Waals surface area contributed by atoms with E-state index in [1.54, 1.807) is 7.11 Å². The topological polar surface area (TPSA) is 52.0 Å². The van der Waals surface area contributed by atoms with Gasteiger partial charge in [0.15, 0.2) is 5.82 Å². The van der Waals surface area contributed by atoms with Gasteiger partial charge < -0.3 is 10.1 Å². The van der Waals surface area contributed by atoms with Crippen molar-refractivity contribution in [3.8, 4) is 11.6 Å². The van der Waals surface area contributed by atoms with Gasteiger partial charge in [0.25, 0.3) is 0 Å². The lowest BCUT2D eigenvalue weighted by atomic mass is 9.84. The van der Waals surface area contributed by atoms with E-state index in [0.717, 1.165) is 39.9 Å². The first kappa shape index (κ1) is 22.2. The highest BCUT2D eigenvalue weighted by Crippen LogP contribution is 2.37. The molecule has 4 rings (SSSR count). The van der Waals surface area contributed by atoms with Crippen molar-refractivity contribution in [2.24, 2.45) is 5.92 Å². The third kappa shape index (κ3) is 5.44. The minimum Gasteiger partial charge on any atom is -0.497 e. The molecule has 0 spiro atoms. The highest BCUT2D eigenvalue weighted by atomic mass is 19.3. The van der Waals surface area contributed by atoms with Crippen LogP contribution in [-0.4, -0.2) is 27.8 Å². The molecule has 0 bridgehead atoms. The summed E-state index contributed by atoms with van der Waals surface area (Å²) in [5, 5.41) is 8.06. The fraction of sp³-hybridized carbons (Fsp3) is 0.440. The Hall–Kier alpha value is -2.96. The van der Waals surface area contributed by atoms with Crippen molar-refractivity contribution in [1.82, 2.24) is 14.8 Å².